The molecule has 4 rings (SSSR count). The minimum absolute atomic E-state index is 0.197. The van der Waals surface area contributed by atoms with E-state index < -0.39 is 0 Å². The molecule has 2 aromatic carbocycles. The predicted molar refractivity (Wildman–Crippen MR) is 88.0 cm³/mol. The van der Waals surface area contributed by atoms with Gasteiger partial charge in [-0.15, -0.1) is 0 Å². The van der Waals surface area contributed by atoms with Crippen LogP contribution in [-0.2, 0) is 0 Å². The standard InChI is InChI=1S/C18H16ClFN2/c19-16-2-1-3-17-18(16)15(9-22-17)14-6-10(8-21)13-7-11(20)4-5-12(13)14/h1-5,7,9-10,14,22H,6,8,21H2/t10-,14+/m1/s1. The van der Waals surface area contributed by atoms with Crippen LogP contribution in [0.15, 0.2) is 42.6 Å². The third kappa shape index (κ3) is 1.97. The van der Waals surface area contributed by atoms with Gasteiger partial charge >= 0.3 is 0 Å². The van der Waals surface area contributed by atoms with E-state index in [1.807, 2.05) is 30.5 Å². The van der Waals surface area contributed by atoms with Crippen molar-refractivity contribution in [2.75, 3.05) is 6.54 Å². The van der Waals surface area contributed by atoms with Crippen molar-refractivity contribution in [3.8, 4) is 0 Å². The highest BCUT2D eigenvalue weighted by molar-refractivity contribution is 6.35. The topological polar surface area (TPSA) is 41.8 Å². The number of benzene rings is 2. The molecule has 4 heteroatoms. The molecule has 0 amide bonds. The van der Waals surface area contributed by atoms with Crippen LogP contribution in [-0.4, -0.2) is 11.5 Å². The van der Waals surface area contributed by atoms with Gasteiger partial charge in [-0.05, 0) is 59.8 Å². The Morgan fingerprint density at radius 2 is 2.05 bits per heavy atom. The molecule has 2 nitrogen and oxygen atoms in total. The van der Waals surface area contributed by atoms with E-state index in [1.54, 1.807) is 6.07 Å². The third-order valence-corrected chi connectivity index (χ3v) is 5.04. The molecule has 0 spiro atoms. The highest BCUT2D eigenvalue weighted by atomic mass is 35.5. The zero-order valence-corrected chi connectivity index (χ0v) is 12.7. The van der Waals surface area contributed by atoms with E-state index in [9.17, 15) is 4.39 Å². The van der Waals surface area contributed by atoms with Crippen LogP contribution in [0.5, 0.6) is 0 Å². The lowest BCUT2D eigenvalue weighted by atomic mass is 9.92. The van der Waals surface area contributed by atoms with Gasteiger partial charge in [0.15, 0.2) is 0 Å². The molecule has 0 saturated carbocycles. The van der Waals surface area contributed by atoms with Gasteiger partial charge in [0.25, 0.3) is 0 Å². The van der Waals surface area contributed by atoms with Gasteiger partial charge in [-0.25, -0.2) is 4.39 Å². The van der Waals surface area contributed by atoms with Crippen molar-refractivity contribution in [2.45, 2.75) is 18.3 Å². The number of rotatable bonds is 2. The van der Waals surface area contributed by atoms with E-state index in [-0.39, 0.29) is 17.7 Å². The highest BCUT2D eigenvalue weighted by Crippen LogP contribution is 2.47. The number of aromatic amines is 1. The molecule has 0 aliphatic heterocycles. The molecule has 1 aromatic heterocycles. The molecule has 0 fully saturated rings. The molecule has 22 heavy (non-hydrogen) atoms. The summed E-state index contributed by atoms with van der Waals surface area (Å²) >= 11 is 6.40. The van der Waals surface area contributed by atoms with Crippen LogP contribution >= 0.6 is 11.6 Å². The smallest absolute Gasteiger partial charge is 0.123 e. The van der Waals surface area contributed by atoms with E-state index in [4.69, 9.17) is 17.3 Å². The van der Waals surface area contributed by atoms with Crippen molar-refractivity contribution in [1.29, 1.82) is 0 Å². The Labute approximate surface area is 133 Å². The summed E-state index contributed by atoms with van der Waals surface area (Å²) in [5.41, 5.74) is 10.3. The van der Waals surface area contributed by atoms with Crippen LogP contribution in [0.4, 0.5) is 4.39 Å². The van der Waals surface area contributed by atoms with E-state index in [0.717, 1.165) is 33.5 Å². The number of nitrogens with two attached hydrogens (primary N) is 1. The van der Waals surface area contributed by atoms with Crippen molar-refractivity contribution in [2.24, 2.45) is 5.73 Å². The third-order valence-electron chi connectivity index (χ3n) is 4.73. The van der Waals surface area contributed by atoms with Crippen LogP contribution in [0.1, 0.15) is 34.9 Å². The number of hydrogen-bond acceptors (Lipinski definition) is 1. The lowest BCUT2D eigenvalue weighted by Crippen LogP contribution is -2.09. The average Bonchev–Trinajstić information content (AvgIpc) is 3.08. The molecule has 0 saturated heterocycles. The molecule has 112 valence electrons. The van der Waals surface area contributed by atoms with Crippen molar-refractivity contribution < 1.29 is 4.39 Å². The molecule has 2 atom stereocenters. The largest absolute Gasteiger partial charge is 0.361 e. The Balaban J connectivity index is 1.90. The van der Waals surface area contributed by atoms with Crippen molar-refractivity contribution in [1.82, 2.24) is 4.98 Å². The molecule has 3 aromatic rings. The van der Waals surface area contributed by atoms with Crippen LogP contribution in [0.25, 0.3) is 10.9 Å². The second-order valence-electron chi connectivity index (χ2n) is 5.90. The van der Waals surface area contributed by atoms with Gasteiger partial charge in [0.1, 0.15) is 5.82 Å². The number of hydrogen-bond donors (Lipinski definition) is 2. The average molecular weight is 315 g/mol. The van der Waals surface area contributed by atoms with Crippen molar-refractivity contribution in [3.63, 3.8) is 0 Å². The lowest BCUT2D eigenvalue weighted by molar-refractivity contribution is 0.618. The SMILES string of the molecule is NC[C@H]1C[C@H](c2c[nH]c3cccc(Cl)c23)c2ccc(F)cc21. The quantitative estimate of drug-likeness (QED) is 0.716. The summed E-state index contributed by atoms with van der Waals surface area (Å²) in [6, 6.07) is 10.9. The fraction of sp³-hybridized carbons (Fsp3) is 0.222. The summed E-state index contributed by atoms with van der Waals surface area (Å²) in [7, 11) is 0. The van der Waals surface area contributed by atoms with Gasteiger partial charge in [-0.2, -0.15) is 0 Å². The van der Waals surface area contributed by atoms with E-state index in [2.05, 4.69) is 4.98 Å². The first-order chi connectivity index (χ1) is 10.7. The molecule has 0 unspecified atom stereocenters. The second-order valence-corrected chi connectivity index (χ2v) is 6.31. The number of H-pyrrole nitrogens is 1. The lowest BCUT2D eigenvalue weighted by Gasteiger charge is -2.11. The summed E-state index contributed by atoms with van der Waals surface area (Å²) in [5.74, 6) is 0.204. The zero-order valence-electron chi connectivity index (χ0n) is 11.9. The van der Waals surface area contributed by atoms with Gasteiger partial charge in [-0.3, -0.25) is 0 Å². The molecule has 1 aliphatic rings. The fourth-order valence-electron chi connectivity index (χ4n) is 3.71. The molecule has 3 N–H and O–H groups in total. The first-order valence-electron chi connectivity index (χ1n) is 7.44. The number of nitrogens with one attached hydrogen (secondary N) is 1. The Kier molecular flexibility index (Phi) is 3.21. The zero-order chi connectivity index (χ0) is 15.3. The Hall–Kier alpha value is -1.84. The number of aromatic nitrogens is 1. The summed E-state index contributed by atoms with van der Waals surface area (Å²) in [6.45, 7) is 0.531. The Bertz CT molecular complexity index is 855. The van der Waals surface area contributed by atoms with Crippen molar-refractivity contribution >= 4 is 22.5 Å². The van der Waals surface area contributed by atoms with E-state index >= 15 is 0 Å². The Morgan fingerprint density at radius 3 is 2.86 bits per heavy atom. The molecule has 0 bridgehead atoms. The van der Waals surface area contributed by atoms with Crippen molar-refractivity contribution in [3.05, 3.63) is 70.1 Å². The summed E-state index contributed by atoms with van der Waals surface area (Å²) in [4.78, 5) is 3.29. The maximum Gasteiger partial charge on any atom is 0.123 e. The maximum absolute atomic E-state index is 13.6. The maximum atomic E-state index is 13.6. The van der Waals surface area contributed by atoms with Crippen LogP contribution in [0.2, 0.25) is 5.02 Å². The van der Waals surface area contributed by atoms with Crippen LogP contribution in [0.3, 0.4) is 0 Å². The van der Waals surface area contributed by atoms with Gasteiger partial charge in [0, 0.05) is 23.0 Å². The van der Waals surface area contributed by atoms with Crippen LogP contribution in [0, 0.1) is 5.82 Å². The van der Waals surface area contributed by atoms with E-state index in [1.165, 1.54) is 11.6 Å². The number of fused-ring (bicyclic) bond motifs is 2. The first-order valence-corrected chi connectivity index (χ1v) is 7.81. The van der Waals surface area contributed by atoms with E-state index in [0.29, 0.717) is 6.54 Å². The summed E-state index contributed by atoms with van der Waals surface area (Å²) in [5, 5.41) is 1.80. The predicted octanol–water partition coefficient (Wildman–Crippen LogP) is 4.54. The first kappa shape index (κ1) is 13.8. The highest BCUT2D eigenvalue weighted by Gasteiger charge is 2.33. The van der Waals surface area contributed by atoms with Gasteiger partial charge in [0.2, 0.25) is 0 Å². The van der Waals surface area contributed by atoms with Gasteiger partial charge in [0.05, 0.1) is 5.02 Å². The second kappa shape index (κ2) is 5.11. The summed E-state index contributed by atoms with van der Waals surface area (Å²) < 4.78 is 13.6. The minimum atomic E-state index is -0.199. The molecule has 1 aliphatic carbocycles. The molecular weight excluding hydrogens is 299 g/mol. The number of halogens is 2. The molecule has 0 radical (unpaired) electrons. The normalized spacial score (nSPS) is 20.5. The minimum Gasteiger partial charge on any atom is -0.361 e. The Morgan fingerprint density at radius 1 is 1.18 bits per heavy atom. The monoisotopic (exact) mass is 314 g/mol. The van der Waals surface area contributed by atoms with Crippen LogP contribution < -0.4 is 5.73 Å². The van der Waals surface area contributed by atoms with Gasteiger partial charge in [-0.1, -0.05) is 23.7 Å². The molecule has 1 heterocycles. The van der Waals surface area contributed by atoms with Gasteiger partial charge < -0.3 is 10.7 Å². The summed E-state index contributed by atoms with van der Waals surface area (Å²) in [6.07, 6.45) is 2.92. The fourth-order valence-corrected chi connectivity index (χ4v) is 4.00. The molecular formula is C18H16ClFN2.